The zero-order valence-corrected chi connectivity index (χ0v) is 18.8. The van der Waals surface area contributed by atoms with Gasteiger partial charge < -0.3 is 14.4 Å². The molecule has 3 aromatic rings. The van der Waals surface area contributed by atoms with Crippen molar-refractivity contribution < 1.29 is 27.4 Å². The fourth-order valence-corrected chi connectivity index (χ4v) is 3.65. The van der Waals surface area contributed by atoms with Gasteiger partial charge in [-0.1, -0.05) is 12.1 Å². The van der Waals surface area contributed by atoms with Gasteiger partial charge in [-0.3, -0.25) is 0 Å². The van der Waals surface area contributed by atoms with Crippen LogP contribution in [0.15, 0.2) is 36.4 Å². The van der Waals surface area contributed by atoms with Crippen molar-refractivity contribution in [1.82, 2.24) is 19.5 Å². The van der Waals surface area contributed by atoms with Crippen molar-refractivity contribution in [3.8, 4) is 11.3 Å². The van der Waals surface area contributed by atoms with E-state index < -0.39 is 29.5 Å². The van der Waals surface area contributed by atoms with Gasteiger partial charge in [-0.2, -0.15) is 18.3 Å². The predicted octanol–water partition coefficient (Wildman–Crippen LogP) is 5.03. The summed E-state index contributed by atoms with van der Waals surface area (Å²) in [7, 11) is 0. The number of hydrogen-bond donors (Lipinski definition) is 0. The second kappa shape index (κ2) is 8.33. The molecule has 0 saturated carbocycles. The number of ether oxygens (including phenoxy) is 2. The number of amides is 1. The average Bonchev–Trinajstić information content (AvgIpc) is 3.15. The van der Waals surface area contributed by atoms with Crippen molar-refractivity contribution in [2.24, 2.45) is 0 Å². The quantitative estimate of drug-likeness (QED) is 0.534. The number of aryl methyl sites for hydroxylation is 1. The standard InChI is InChI=1S/C23H25F3N4O3/c1-14-11-18(19-13-29(9-10-32-19)21(31)33-22(2,3)4)30-20(27-14)12-17(28-30)15-5-7-16(8-6-15)23(24,25)26/h5-8,11-12,19H,9-10,13H2,1-4H3. The maximum atomic E-state index is 12.9. The van der Waals surface area contributed by atoms with Crippen molar-refractivity contribution in [3.63, 3.8) is 0 Å². The molecule has 3 heterocycles. The van der Waals surface area contributed by atoms with Gasteiger partial charge in [0.15, 0.2) is 5.65 Å². The number of halogens is 3. The lowest BCUT2D eigenvalue weighted by atomic mass is 10.1. The monoisotopic (exact) mass is 462 g/mol. The number of carbonyl (C=O) groups excluding carboxylic acids is 1. The molecule has 1 aromatic carbocycles. The van der Waals surface area contributed by atoms with Gasteiger partial charge in [0.1, 0.15) is 11.7 Å². The van der Waals surface area contributed by atoms with Gasteiger partial charge in [0.2, 0.25) is 0 Å². The zero-order valence-electron chi connectivity index (χ0n) is 18.8. The van der Waals surface area contributed by atoms with Crippen LogP contribution in [0.5, 0.6) is 0 Å². The molecule has 10 heteroatoms. The molecule has 1 saturated heterocycles. The lowest BCUT2D eigenvalue weighted by Gasteiger charge is -2.34. The number of aromatic nitrogens is 3. The molecule has 176 valence electrons. The van der Waals surface area contributed by atoms with Crippen LogP contribution in [0.3, 0.4) is 0 Å². The van der Waals surface area contributed by atoms with Gasteiger partial charge in [0, 0.05) is 23.9 Å². The highest BCUT2D eigenvalue weighted by molar-refractivity contribution is 5.68. The van der Waals surface area contributed by atoms with Crippen molar-refractivity contribution in [2.75, 3.05) is 19.7 Å². The Bertz CT molecular complexity index is 1170. The van der Waals surface area contributed by atoms with E-state index in [4.69, 9.17) is 9.47 Å². The van der Waals surface area contributed by atoms with E-state index in [-0.39, 0.29) is 6.54 Å². The van der Waals surface area contributed by atoms with Gasteiger partial charge in [0.05, 0.1) is 30.1 Å². The van der Waals surface area contributed by atoms with Crippen LogP contribution in [0.4, 0.5) is 18.0 Å². The van der Waals surface area contributed by atoms with E-state index in [2.05, 4.69) is 10.1 Å². The van der Waals surface area contributed by atoms with E-state index in [1.807, 2.05) is 33.8 Å². The SMILES string of the molecule is Cc1cc(C2CN(C(=O)OC(C)(C)C)CCO2)n2nc(-c3ccc(C(F)(F)F)cc3)cc2n1. The fraction of sp³-hybridized carbons (Fsp3) is 0.435. The number of carbonyl (C=O) groups is 1. The molecular formula is C23H25F3N4O3. The molecule has 33 heavy (non-hydrogen) atoms. The van der Waals surface area contributed by atoms with Crippen molar-refractivity contribution in [2.45, 2.75) is 45.6 Å². The van der Waals surface area contributed by atoms with E-state index in [1.165, 1.54) is 12.1 Å². The molecule has 0 radical (unpaired) electrons. The van der Waals surface area contributed by atoms with Crippen LogP contribution < -0.4 is 0 Å². The second-order valence-electron chi connectivity index (χ2n) is 8.98. The molecular weight excluding hydrogens is 437 g/mol. The Morgan fingerprint density at radius 3 is 2.48 bits per heavy atom. The summed E-state index contributed by atoms with van der Waals surface area (Å²) in [5, 5.41) is 4.58. The lowest BCUT2D eigenvalue weighted by molar-refractivity contribution is -0.137. The van der Waals surface area contributed by atoms with Crippen LogP contribution in [-0.4, -0.2) is 50.9 Å². The highest BCUT2D eigenvalue weighted by Gasteiger charge is 2.31. The number of nitrogens with zero attached hydrogens (tertiary/aromatic N) is 4. The summed E-state index contributed by atoms with van der Waals surface area (Å²) in [6.07, 6.45) is -5.28. The van der Waals surface area contributed by atoms with Gasteiger partial charge >= 0.3 is 12.3 Å². The molecule has 1 atom stereocenters. The number of hydrogen-bond acceptors (Lipinski definition) is 5. The van der Waals surface area contributed by atoms with E-state index in [0.717, 1.165) is 17.8 Å². The van der Waals surface area contributed by atoms with E-state index in [9.17, 15) is 18.0 Å². The van der Waals surface area contributed by atoms with E-state index in [0.29, 0.717) is 35.8 Å². The minimum atomic E-state index is -4.40. The third-order valence-corrected chi connectivity index (χ3v) is 5.14. The van der Waals surface area contributed by atoms with Crippen molar-refractivity contribution >= 4 is 11.7 Å². The summed E-state index contributed by atoms with van der Waals surface area (Å²) in [5.74, 6) is 0. The molecule has 0 N–H and O–H groups in total. The lowest BCUT2D eigenvalue weighted by Crippen LogP contribution is -2.45. The third kappa shape index (κ3) is 5.11. The number of rotatable bonds is 2. The Kier molecular flexibility index (Phi) is 5.81. The highest BCUT2D eigenvalue weighted by Crippen LogP contribution is 2.31. The molecule has 0 spiro atoms. The normalized spacial score (nSPS) is 17.4. The molecule has 1 fully saturated rings. The van der Waals surface area contributed by atoms with Gasteiger partial charge in [-0.05, 0) is 45.9 Å². The summed E-state index contributed by atoms with van der Waals surface area (Å²) in [4.78, 5) is 18.6. The minimum Gasteiger partial charge on any atom is -0.444 e. The van der Waals surface area contributed by atoms with Crippen molar-refractivity contribution in [3.05, 3.63) is 53.3 Å². The second-order valence-corrected chi connectivity index (χ2v) is 8.98. The first-order valence-electron chi connectivity index (χ1n) is 10.6. The number of benzene rings is 1. The highest BCUT2D eigenvalue weighted by atomic mass is 19.4. The van der Waals surface area contributed by atoms with Crippen LogP contribution in [0.25, 0.3) is 16.9 Å². The van der Waals surface area contributed by atoms with Crippen molar-refractivity contribution in [1.29, 1.82) is 0 Å². The van der Waals surface area contributed by atoms with E-state index >= 15 is 0 Å². The Balaban J connectivity index is 1.65. The average molecular weight is 462 g/mol. The first-order chi connectivity index (χ1) is 15.4. The largest absolute Gasteiger partial charge is 0.444 e. The topological polar surface area (TPSA) is 69.0 Å². The molecule has 0 bridgehead atoms. The predicted molar refractivity (Wildman–Crippen MR) is 115 cm³/mol. The van der Waals surface area contributed by atoms with Crippen LogP contribution in [0.2, 0.25) is 0 Å². The Hall–Kier alpha value is -3.14. The molecule has 0 aliphatic carbocycles. The van der Waals surface area contributed by atoms with Gasteiger partial charge in [0.25, 0.3) is 0 Å². The Morgan fingerprint density at radius 2 is 1.85 bits per heavy atom. The maximum Gasteiger partial charge on any atom is 0.416 e. The molecule has 1 aliphatic heterocycles. The number of morpholine rings is 1. The van der Waals surface area contributed by atoms with Gasteiger partial charge in [-0.15, -0.1) is 0 Å². The summed E-state index contributed by atoms with van der Waals surface area (Å²) in [6.45, 7) is 8.29. The van der Waals surface area contributed by atoms with Gasteiger partial charge in [-0.25, -0.2) is 14.3 Å². The van der Waals surface area contributed by atoms with E-state index in [1.54, 1.807) is 15.5 Å². The molecule has 1 unspecified atom stereocenters. The zero-order chi connectivity index (χ0) is 24.0. The summed E-state index contributed by atoms with van der Waals surface area (Å²) in [6, 6.07) is 8.38. The molecule has 4 rings (SSSR count). The first-order valence-corrected chi connectivity index (χ1v) is 10.6. The van der Waals surface area contributed by atoms with Crippen LogP contribution >= 0.6 is 0 Å². The minimum absolute atomic E-state index is 0.281. The number of alkyl halides is 3. The Morgan fingerprint density at radius 1 is 1.15 bits per heavy atom. The number of fused-ring (bicyclic) bond motifs is 1. The molecule has 2 aromatic heterocycles. The first kappa shape index (κ1) is 23.0. The molecule has 1 amide bonds. The Labute approximate surface area is 189 Å². The summed E-state index contributed by atoms with van der Waals surface area (Å²) in [5.41, 5.74) is 1.67. The smallest absolute Gasteiger partial charge is 0.416 e. The maximum absolute atomic E-state index is 12.9. The van der Waals surface area contributed by atoms with Crippen LogP contribution in [0, 0.1) is 6.92 Å². The van der Waals surface area contributed by atoms with Crippen LogP contribution in [0.1, 0.15) is 43.8 Å². The van der Waals surface area contributed by atoms with Crippen LogP contribution in [-0.2, 0) is 15.7 Å². The molecule has 1 aliphatic rings. The third-order valence-electron chi connectivity index (χ3n) is 5.14. The fourth-order valence-electron chi connectivity index (χ4n) is 3.65. The summed E-state index contributed by atoms with van der Waals surface area (Å²) < 4.78 is 51.7. The molecule has 7 nitrogen and oxygen atoms in total. The summed E-state index contributed by atoms with van der Waals surface area (Å²) >= 11 is 0.